The van der Waals surface area contributed by atoms with Crippen LogP contribution >= 0.6 is 11.8 Å². The number of aromatic nitrogens is 3. The molecule has 4 rings (SSSR count). The van der Waals surface area contributed by atoms with Gasteiger partial charge in [0.05, 0.1) is 11.7 Å². The summed E-state index contributed by atoms with van der Waals surface area (Å²) in [5.74, 6) is 0.286. The van der Waals surface area contributed by atoms with Crippen LogP contribution in [0.1, 0.15) is 29.9 Å². The highest BCUT2D eigenvalue weighted by Crippen LogP contribution is 2.28. The number of nitrogens with one attached hydrogen (secondary N) is 2. The predicted molar refractivity (Wildman–Crippen MR) is 129 cm³/mol. The number of carbonyl (C=O) groups is 1. The number of halogens is 2. The molecule has 0 aliphatic carbocycles. The standard InChI is InChI=1S/C25H23F2N5OS/c1-16-7-13-20(14-8-16)32-23(17(2)28-24(33)29-22-6-4-3-5-21(22)27)30-31-25(32)34-15-18-9-11-19(26)12-10-18/h3-14,17H,15H2,1-2H3,(H2,28,29,33). The summed E-state index contributed by atoms with van der Waals surface area (Å²) in [6.45, 7) is 3.78. The van der Waals surface area contributed by atoms with Gasteiger partial charge >= 0.3 is 6.03 Å². The van der Waals surface area contributed by atoms with E-state index in [1.165, 1.54) is 36.0 Å². The molecule has 2 N–H and O–H groups in total. The van der Waals surface area contributed by atoms with Crippen molar-refractivity contribution in [1.29, 1.82) is 0 Å². The van der Waals surface area contributed by atoms with Gasteiger partial charge in [0, 0.05) is 11.4 Å². The second-order valence-corrected chi connectivity index (χ2v) is 8.67. The summed E-state index contributed by atoms with van der Waals surface area (Å²) in [7, 11) is 0. The molecule has 0 aliphatic rings. The Morgan fingerprint density at radius 2 is 1.71 bits per heavy atom. The Bertz CT molecular complexity index is 1280. The van der Waals surface area contributed by atoms with Crippen molar-refractivity contribution < 1.29 is 13.6 Å². The number of nitrogens with zero attached hydrogens (tertiary/aromatic N) is 3. The average Bonchev–Trinajstić information content (AvgIpc) is 3.25. The highest BCUT2D eigenvalue weighted by molar-refractivity contribution is 7.98. The van der Waals surface area contributed by atoms with Gasteiger partial charge in [0.25, 0.3) is 0 Å². The topological polar surface area (TPSA) is 71.8 Å². The smallest absolute Gasteiger partial charge is 0.319 e. The van der Waals surface area contributed by atoms with Gasteiger partial charge in [-0.3, -0.25) is 4.57 Å². The van der Waals surface area contributed by atoms with Crippen molar-refractivity contribution in [2.75, 3.05) is 5.32 Å². The molecule has 0 saturated carbocycles. The van der Waals surface area contributed by atoms with E-state index in [1.807, 2.05) is 35.8 Å². The maximum absolute atomic E-state index is 13.9. The van der Waals surface area contributed by atoms with Crippen LogP contribution in [0.15, 0.2) is 78.0 Å². The molecule has 1 unspecified atom stereocenters. The normalized spacial score (nSPS) is 11.8. The fourth-order valence-corrected chi connectivity index (χ4v) is 4.22. The summed E-state index contributed by atoms with van der Waals surface area (Å²) >= 11 is 1.46. The highest BCUT2D eigenvalue weighted by Gasteiger charge is 2.21. The number of carbonyl (C=O) groups excluding carboxylic acids is 1. The molecule has 0 saturated heterocycles. The van der Waals surface area contributed by atoms with E-state index in [2.05, 4.69) is 20.8 Å². The number of amides is 2. The Balaban J connectivity index is 1.57. The third kappa shape index (κ3) is 5.60. The second-order valence-electron chi connectivity index (χ2n) is 7.73. The van der Waals surface area contributed by atoms with Crippen molar-refractivity contribution in [2.24, 2.45) is 0 Å². The minimum absolute atomic E-state index is 0.0859. The van der Waals surface area contributed by atoms with Gasteiger partial charge in [-0.2, -0.15) is 0 Å². The fourth-order valence-electron chi connectivity index (χ4n) is 3.30. The molecule has 1 aromatic heterocycles. The first kappa shape index (κ1) is 23.4. The van der Waals surface area contributed by atoms with Crippen molar-refractivity contribution in [3.63, 3.8) is 0 Å². The second kappa shape index (κ2) is 10.5. The number of thioether (sulfide) groups is 1. The Kier molecular flexibility index (Phi) is 7.22. The number of hydrogen-bond acceptors (Lipinski definition) is 4. The van der Waals surface area contributed by atoms with Crippen LogP contribution in [0.4, 0.5) is 19.3 Å². The zero-order chi connectivity index (χ0) is 24.1. The van der Waals surface area contributed by atoms with Gasteiger partial charge in [0.2, 0.25) is 0 Å². The molecule has 9 heteroatoms. The predicted octanol–water partition coefficient (Wildman–Crippen LogP) is 6.03. The van der Waals surface area contributed by atoms with Gasteiger partial charge in [0.1, 0.15) is 11.6 Å². The minimum Gasteiger partial charge on any atom is -0.328 e. The zero-order valence-corrected chi connectivity index (χ0v) is 19.4. The summed E-state index contributed by atoms with van der Waals surface area (Å²) in [6, 6.07) is 19.0. The maximum atomic E-state index is 13.9. The Morgan fingerprint density at radius 3 is 2.41 bits per heavy atom. The Labute approximate surface area is 200 Å². The van der Waals surface area contributed by atoms with Gasteiger partial charge in [-0.25, -0.2) is 13.6 Å². The molecule has 0 spiro atoms. The summed E-state index contributed by atoms with van der Waals surface area (Å²) in [5, 5.41) is 14.6. The first-order valence-corrected chi connectivity index (χ1v) is 11.6. The molecule has 0 radical (unpaired) electrons. The summed E-state index contributed by atoms with van der Waals surface area (Å²) < 4.78 is 29.0. The number of aryl methyl sites for hydroxylation is 1. The lowest BCUT2D eigenvalue weighted by Gasteiger charge is -2.17. The molecule has 0 fully saturated rings. The van der Waals surface area contributed by atoms with Crippen molar-refractivity contribution in [3.05, 3.63) is 101 Å². The number of hydrogen-bond donors (Lipinski definition) is 2. The first-order chi connectivity index (χ1) is 16.4. The third-order valence-corrected chi connectivity index (χ3v) is 6.09. The number of benzene rings is 3. The zero-order valence-electron chi connectivity index (χ0n) is 18.6. The van der Waals surface area contributed by atoms with E-state index >= 15 is 0 Å². The molecular formula is C25H23F2N5OS. The first-order valence-electron chi connectivity index (χ1n) is 10.6. The largest absolute Gasteiger partial charge is 0.328 e. The maximum Gasteiger partial charge on any atom is 0.319 e. The van der Waals surface area contributed by atoms with Gasteiger partial charge in [-0.05, 0) is 55.8 Å². The number of urea groups is 1. The molecule has 6 nitrogen and oxygen atoms in total. The molecule has 1 heterocycles. The molecule has 34 heavy (non-hydrogen) atoms. The van der Waals surface area contributed by atoms with E-state index in [0.29, 0.717) is 16.7 Å². The van der Waals surface area contributed by atoms with Crippen molar-refractivity contribution in [1.82, 2.24) is 20.1 Å². The summed E-state index contributed by atoms with van der Waals surface area (Å²) in [5.41, 5.74) is 2.98. The van der Waals surface area contributed by atoms with E-state index in [0.717, 1.165) is 16.8 Å². The molecule has 3 aromatic carbocycles. The van der Waals surface area contributed by atoms with E-state index in [1.54, 1.807) is 31.2 Å². The summed E-state index contributed by atoms with van der Waals surface area (Å²) in [6.07, 6.45) is 0. The molecule has 0 bridgehead atoms. The van der Waals surface area contributed by atoms with Gasteiger partial charge in [0.15, 0.2) is 11.0 Å². The SMILES string of the molecule is Cc1ccc(-n2c(SCc3ccc(F)cc3)nnc2C(C)NC(=O)Nc2ccccc2F)cc1. The van der Waals surface area contributed by atoms with Crippen LogP contribution in [0.2, 0.25) is 0 Å². The number of para-hydroxylation sites is 1. The molecule has 4 aromatic rings. The van der Waals surface area contributed by atoms with Crippen LogP contribution in [0.25, 0.3) is 5.69 Å². The highest BCUT2D eigenvalue weighted by atomic mass is 32.2. The van der Waals surface area contributed by atoms with Crippen LogP contribution in [-0.2, 0) is 5.75 Å². The monoisotopic (exact) mass is 479 g/mol. The lowest BCUT2D eigenvalue weighted by Crippen LogP contribution is -2.32. The lowest BCUT2D eigenvalue weighted by molar-refractivity contribution is 0.248. The third-order valence-electron chi connectivity index (χ3n) is 5.09. The lowest BCUT2D eigenvalue weighted by atomic mass is 10.2. The molecule has 174 valence electrons. The molecule has 2 amide bonds. The van der Waals surface area contributed by atoms with Crippen LogP contribution < -0.4 is 10.6 Å². The van der Waals surface area contributed by atoms with Crippen LogP contribution in [0, 0.1) is 18.6 Å². The van der Waals surface area contributed by atoms with Crippen LogP contribution in [-0.4, -0.2) is 20.8 Å². The van der Waals surface area contributed by atoms with Crippen molar-refractivity contribution in [2.45, 2.75) is 30.8 Å². The Hall–Kier alpha value is -3.72. The van der Waals surface area contributed by atoms with Crippen molar-refractivity contribution in [3.8, 4) is 5.69 Å². The number of rotatable bonds is 7. The summed E-state index contributed by atoms with van der Waals surface area (Å²) in [4.78, 5) is 12.5. The molecule has 1 atom stereocenters. The van der Waals surface area contributed by atoms with Gasteiger partial charge < -0.3 is 10.6 Å². The van der Waals surface area contributed by atoms with E-state index in [9.17, 15) is 13.6 Å². The van der Waals surface area contributed by atoms with Gasteiger partial charge in [-0.1, -0.05) is 53.7 Å². The Morgan fingerprint density at radius 1 is 1.00 bits per heavy atom. The van der Waals surface area contributed by atoms with E-state index in [4.69, 9.17) is 0 Å². The van der Waals surface area contributed by atoms with Crippen LogP contribution in [0.3, 0.4) is 0 Å². The fraction of sp³-hybridized carbons (Fsp3) is 0.160. The molecule has 0 aliphatic heterocycles. The van der Waals surface area contributed by atoms with E-state index < -0.39 is 17.9 Å². The minimum atomic E-state index is -0.559. The van der Waals surface area contributed by atoms with Gasteiger partial charge in [-0.15, -0.1) is 10.2 Å². The molecular weight excluding hydrogens is 456 g/mol. The number of anilines is 1. The average molecular weight is 480 g/mol. The quantitative estimate of drug-likeness (QED) is 0.318. The van der Waals surface area contributed by atoms with Crippen LogP contribution in [0.5, 0.6) is 0 Å². The van der Waals surface area contributed by atoms with E-state index in [-0.39, 0.29) is 11.5 Å². The van der Waals surface area contributed by atoms with Crippen molar-refractivity contribution >= 4 is 23.5 Å².